The molecule has 2 heterocycles. The Morgan fingerprint density at radius 2 is 1.84 bits per heavy atom. The number of hydrogen-bond acceptors (Lipinski definition) is 4. The summed E-state index contributed by atoms with van der Waals surface area (Å²) in [4.78, 5) is 15.2. The smallest absolute Gasteiger partial charge is 0.252 e. The number of benzene rings is 1. The Kier molecular flexibility index (Phi) is 4.26. The van der Waals surface area contributed by atoms with Crippen LogP contribution in [-0.4, -0.2) is 23.6 Å². The van der Waals surface area contributed by atoms with E-state index in [-0.39, 0.29) is 17.0 Å². The van der Waals surface area contributed by atoms with Gasteiger partial charge in [-0.1, -0.05) is 6.07 Å². The van der Waals surface area contributed by atoms with E-state index in [1.807, 2.05) is 26.0 Å². The minimum absolute atomic E-state index is 0.0923. The molecule has 0 fully saturated rings. The lowest BCUT2D eigenvalue weighted by molar-refractivity contribution is 0.580. The molecule has 8 heteroatoms. The highest BCUT2D eigenvalue weighted by Crippen LogP contribution is 2.19. The molecule has 7 nitrogen and oxygen atoms in total. The van der Waals surface area contributed by atoms with Gasteiger partial charge in [-0.15, -0.1) is 0 Å². The van der Waals surface area contributed by atoms with Crippen molar-refractivity contribution >= 4 is 20.9 Å². The first-order chi connectivity index (χ1) is 11.7. The molecule has 0 amide bonds. The van der Waals surface area contributed by atoms with Crippen LogP contribution in [0.5, 0.6) is 0 Å². The molecule has 0 radical (unpaired) electrons. The largest absolute Gasteiger partial charge is 0.322 e. The molecule has 0 aliphatic carbocycles. The van der Waals surface area contributed by atoms with Gasteiger partial charge in [0.15, 0.2) is 0 Å². The van der Waals surface area contributed by atoms with E-state index in [0.717, 1.165) is 22.0 Å². The Bertz CT molecular complexity index is 1110. The molecule has 0 aliphatic rings. The Morgan fingerprint density at radius 1 is 1.12 bits per heavy atom. The fourth-order valence-corrected chi connectivity index (χ4v) is 4.40. The summed E-state index contributed by atoms with van der Waals surface area (Å²) in [5.74, 6) is 0. The van der Waals surface area contributed by atoms with E-state index in [9.17, 15) is 13.2 Å². The van der Waals surface area contributed by atoms with Crippen molar-refractivity contribution in [2.45, 2.75) is 39.1 Å². The molecular formula is C17H20N4O3S. The Hall–Kier alpha value is -2.45. The molecule has 3 rings (SSSR count). The normalized spacial score (nSPS) is 12.0. The van der Waals surface area contributed by atoms with Crippen LogP contribution in [0, 0.1) is 27.7 Å². The van der Waals surface area contributed by atoms with E-state index in [1.54, 1.807) is 19.9 Å². The first kappa shape index (κ1) is 17.4. The first-order valence-electron chi connectivity index (χ1n) is 7.83. The lowest BCUT2D eigenvalue weighted by Gasteiger charge is -2.09. The molecular weight excluding hydrogens is 340 g/mol. The van der Waals surface area contributed by atoms with E-state index in [4.69, 9.17) is 0 Å². The molecule has 132 valence electrons. The maximum absolute atomic E-state index is 12.5. The average molecular weight is 360 g/mol. The van der Waals surface area contributed by atoms with Crippen molar-refractivity contribution < 1.29 is 8.42 Å². The van der Waals surface area contributed by atoms with Crippen molar-refractivity contribution in [2.75, 3.05) is 0 Å². The van der Waals surface area contributed by atoms with Crippen molar-refractivity contribution in [3.8, 4) is 0 Å². The predicted octanol–water partition coefficient (Wildman–Crippen LogP) is 1.96. The lowest BCUT2D eigenvalue weighted by Crippen LogP contribution is -2.27. The highest BCUT2D eigenvalue weighted by atomic mass is 32.2. The number of sulfonamides is 1. The van der Waals surface area contributed by atoms with Gasteiger partial charge < -0.3 is 4.98 Å². The molecule has 0 aliphatic heterocycles. The van der Waals surface area contributed by atoms with Crippen LogP contribution in [0.1, 0.15) is 28.1 Å². The average Bonchev–Trinajstić information content (AvgIpc) is 2.85. The Balaban J connectivity index is 1.96. The molecule has 0 atom stereocenters. The molecule has 0 bridgehead atoms. The van der Waals surface area contributed by atoms with Gasteiger partial charge in [-0.05, 0) is 51.0 Å². The summed E-state index contributed by atoms with van der Waals surface area (Å²) in [6.45, 7) is 7.09. The second-order valence-electron chi connectivity index (χ2n) is 6.25. The zero-order chi connectivity index (χ0) is 18.4. The fourth-order valence-electron chi connectivity index (χ4n) is 3.03. The summed E-state index contributed by atoms with van der Waals surface area (Å²) >= 11 is 0. The van der Waals surface area contributed by atoms with Crippen LogP contribution in [0.15, 0.2) is 27.9 Å². The Morgan fingerprint density at radius 3 is 2.48 bits per heavy atom. The van der Waals surface area contributed by atoms with Gasteiger partial charge in [-0.25, -0.2) is 13.1 Å². The molecule has 0 spiro atoms. The van der Waals surface area contributed by atoms with Crippen molar-refractivity contribution in [1.82, 2.24) is 19.9 Å². The van der Waals surface area contributed by atoms with Crippen LogP contribution in [0.3, 0.4) is 0 Å². The summed E-state index contributed by atoms with van der Waals surface area (Å²) < 4.78 is 27.5. The molecule has 0 saturated carbocycles. The number of aromatic amines is 2. The zero-order valence-electron chi connectivity index (χ0n) is 14.5. The highest BCUT2D eigenvalue weighted by Gasteiger charge is 2.22. The first-order valence-corrected chi connectivity index (χ1v) is 9.32. The van der Waals surface area contributed by atoms with Crippen molar-refractivity contribution in [3.63, 3.8) is 0 Å². The second-order valence-corrected chi connectivity index (χ2v) is 7.96. The van der Waals surface area contributed by atoms with Gasteiger partial charge in [0.2, 0.25) is 10.0 Å². The van der Waals surface area contributed by atoms with E-state index in [1.165, 1.54) is 0 Å². The topological polar surface area (TPSA) is 108 Å². The minimum atomic E-state index is -3.76. The number of aromatic nitrogens is 3. The third kappa shape index (κ3) is 3.22. The predicted molar refractivity (Wildman–Crippen MR) is 96.1 cm³/mol. The number of H-pyrrole nitrogens is 2. The van der Waals surface area contributed by atoms with Gasteiger partial charge in [-0.2, -0.15) is 5.10 Å². The van der Waals surface area contributed by atoms with Crippen LogP contribution >= 0.6 is 0 Å². The maximum atomic E-state index is 12.5. The monoisotopic (exact) mass is 360 g/mol. The zero-order valence-corrected chi connectivity index (χ0v) is 15.3. The van der Waals surface area contributed by atoms with Crippen LogP contribution < -0.4 is 10.3 Å². The second kappa shape index (κ2) is 6.12. The standard InChI is InChI=1S/C17H20N4O3S/c1-9-5-10(2)14-7-13(17(22)19-15(14)6-9)8-18-25(23,24)16-11(3)20-21-12(16)4/h5-7,18H,8H2,1-4H3,(H,19,22)(H,20,21). The highest BCUT2D eigenvalue weighted by molar-refractivity contribution is 7.89. The molecule has 1 aromatic carbocycles. The lowest BCUT2D eigenvalue weighted by atomic mass is 10.0. The third-order valence-electron chi connectivity index (χ3n) is 4.17. The van der Waals surface area contributed by atoms with E-state index >= 15 is 0 Å². The van der Waals surface area contributed by atoms with Gasteiger partial charge >= 0.3 is 0 Å². The third-order valence-corrected chi connectivity index (χ3v) is 5.83. The summed E-state index contributed by atoms with van der Waals surface area (Å²) in [6, 6.07) is 5.66. The molecule has 3 N–H and O–H groups in total. The van der Waals surface area contributed by atoms with Crippen LogP contribution in [0.25, 0.3) is 10.9 Å². The van der Waals surface area contributed by atoms with E-state index < -0.39 is 10.0 Å². The summed E-state index contributed by atoms with van der Waals surface area (Å²) in [7, 11) is -3.76. The van der Waals surface area contributed by atoms with Crippen molar-refractivity contribution in [3.05, 3.63) is 56.6 Å². The van der Waals surface area contributed by atoms with Gasteiger partial charge in [0.1, 0.15) is 4.90 Å². The minimum Gasteiger partial charge on any atom is -0.322 e. The van der Waals surface area contributed by atoms with Gasteiger partial charge in [0.05, 0.1) is 11.4 Å². The van der Waals surface area contributed by atoms with Crippen LogP contribution in [-0.2, 0) is 16.6 Å². The fraction of sp³-hybridized carbons (Fsp3) is 0.294. The molecule has 3 aromatic rings. The molecule has 0 saturated heterocycles. The van der Waals surface area contributed by atoms with E-state index in [2.05, 4.69) is 19.9 Å². The Labute approximate surface area is 145 Å². The molecule has 0 unspecified atom stereocenters. The van der Waals surface area contributed by atoms with Crippen LogP contribution in [0.2, 0.25) is 0 Å². The van der Waals surface area contributed by atoms with Gasteiger partial charge in [0, 0.05) is 23.0 Å². The number of nitrogens with zero attached hydrogens (tertiary/aromatic N) is 1. The maximum Gasteiger partial charge on any atom is 0.252 e. The van der Waals surface area contributed by atoms with Gasteiger partial charge in [-0.3, -0.25) is 9.89 Å². The SMILES string of the molecule is Cc1cc(C)c2cc(CNS(=O)(=O)c3c(C)n[nH]c3C)c(=O)[nH]c2c1. The summed E-state index contributed by atoms with van der Waals surface area (Å²) in [5, 5.41) is 7.45. The summed E-state index contributed by atoms with van der Waals surface area (Å²) in [5.41, 5.74) is 3.74. The van der Waals surface area contributed by atoms with Crippen molar-refractivity contribution in [2.24, 2.45) is 0 Å². The van der Waals surface area contributed by atoms with E-state index in [0.29, 0.717) is 17.0 Å². The van der Waals surface area contributed by atoms with Gasteiger partial charge in [0.25, 0.3) is 5.56 Å². The number of aryl methyl sites for hydroxylation is 4. The van der Waals surface area contributed by atoms with Crippen LogP contribution in [0.4, 0.5) is 0 Å². The van der Waals surface area contributed by atoms with Crippen molar-refractivity contribution in [1.29, 1.82) is 0 Å². The quantitative estimate of drug-likeness (QED) is 0.661. The molecule has 25 heavy (non-hydrogen) atoms. The number of pyridine rings is 1. The number of rotatable bonds is 4. The number of hydrogen-bond donors (Lipinski definition) is 3. The molecule has 2 aromatic heterocycles. The number of nitrogens with one attached hydrogen (secondary N) is 3. The summed E-state index contributed by atoms with van der Waals surface area (Å²) in [6.07, 6.45) is 0. The number of fused-ring (bicyclic) bond motifs is 1.